The van der Waals surface area contributed by atoms with E-state index < -0.39 is 6.10 Å². The summed E-state index contributed by atoms with van der Waals surface area (Å²) in [5.41, 5.74) is 3.95. The molecular formula is C14H18ClN3O. The zero-order chi connectivity index (χ0) is 13.8. The Kier molecular flexibility index (Phi) is 4.45. The van der Waals surface area contributed by atoms with Crippen molar-refractivity contribution < 1.29 is 5.11 Å². The molecule has 1 aromatic heterocycles. The summed E-state index contributed by atoms with van der Waals surface area (Å²) < 4.78 is 1.89. The smallest absolute Gasteiger partial charge is 0.0880 e. The van der Waals surface area contributed by atoms with Gasteiger partial charge in [-0.1, -0.05) is 12.1 Å². The molecule has 0 aliphatic rings. The Hall–Kier alpha value is -1.52. The maximum Gasteiger partial charge on any atom is 0.0880 e. The molecule has 102 valence electrons. The number of aliphatic hydroxyl groups is 1. The minimum Gasteiger partial charge on any atom is -0.390 e. The zero-order valence-corrected chi connectivity index (χ0v) is 11.9. The van der Waals surface area contributed by atoms with Crippen molar-refractivity contribution in [1.29, 1.82) is 0 Å². The molecule has 0 aliphatic carbocycles. The van der Waals surface area contributed by atoms with Crippen LogP contribution < -0.4 is 5.32 Å². The predicted octanol–water partition coefficient (Wildman–Crippen LogP) is 2.50. The minimum atomic E-state index is -0.560. The molecule has 0 saturated heterocycles. The molecular weight excluding hydrogens is 262 g/mol. The lowest BCUT2D eigenvalue weighted by molar-refractivity contribution is 0.211. The summed E-state index contributed by atoms with van der Waals surface area (Å²) in [6.07, 6.45) is -0.560. The number of halogens is 1. The lowest BCUT2D eigenvalue weighted by Gasteiger charge is -2.14. The van der Waals surface area contributed by atoms with E-state index >= 15 is 0 Å². The number of alkyl halides is 1. The monoisotopic (exact) mass is 279 g/mol. The van der Waals surface area contributed by atoms with Gasteiger partial charge in [0.05, 0.1) is 29.1 Å². The lowest BCUT2D eigenvalue weighted by atomic mass is 10.2. The van der Waals surface area contributed by atoms with Gasteiger partial charge in [0.2, 0.25) is 0 Å². The largest absolute Gasteiger partial charge is 0.390 e. The number of hydrogen-bond donors (Lipinski definition) is 2. The molecule has 0 saturated carbocycles. The second-order valence-corrected chi connectivity index (χ2v) is 4.85. The van der Waals surface area contributed by atoms with Crippen molar-refractivity contribution in [2.75, 3.05) is 17.7 Å². The summed E-state index contributed by atoms with van der Waals surface area (Å²) >= 11 is 5.60. The Morgan fingerprint density at radius 3 is 2.74 bits per heavy atom. The molecule has 1 atom stereocenters. The van der Waals surface area contributed by atoms with E-state index in [2.05, 4.69) is 10.4 Å². The number of rotatable bonds is 5. The zero-order valence-electron chi connectivity index (χ0n) is 11.1. The maximum absolute atomic E-state index is 9.52. The third-order valence-corrected chi connectivity index (χ3v) is 3.20. The molecule has 1 unspecified atom stereocenters. The second-order valence-electron chi connectivity index (χ2n) is 4.55. The Morgan fingerprint density at radius 1 is 1.37 bits per heavy atom. The predicted molar refractivity (Wildman–Crippen MR) is 78.3 cm³/mol. The highest BCUT2D eigenvalue weighted by Gasteiger charge is 2.09. The summed E-state index contributed by atoms with van der Waals surface area (Å²) in [7, 11) is 0. The van der Waals surface area contributed by atoms with Gasteiger partial charge in [-0.3, -0.25) is 0 Å². The number of aryl methyl sites for hydroxylation is 2. The van der Waals surface area contributed by atoms with E-state index in [0.717, 1.165) is 22.8 Å². The van der Waals surface area contributed by atoms with E-state index in [1.54, 1.807) is 0 Å². The fourth-order valence-electron chi connectivity index (χ4n) is 1.96. The van der Waals surface area contributed by atoms with Gasteiger partial charge in [0, 0.05) is 12.2 Å². The van der Waals surface area contributed by atoms with Crippen molar-refractivity contribution in [3.05, 3.63) is 41.7 Å². The van der Waals surface area contributed by atoms with Crippen molar-refractivity contribution in [3.63, 3.8) is 0 Å². The van der Waals surface area contributed by atoms with Gasteiger partial charge in [0.1, 0.15) is 0 Å². The van der Waals surface area contributed by atoms with Gasteiger partial charge in [0.15, 0.2) is 0 Å². The number of para-hydroxylation sites is 2. The van der Waals surface area contributed by atoms with Crippen LogP contribution in [0.15, 0.2) is 30.3 Å². The van der Waals surface area contributed by atoms with E-state index in [4.69, 9.17) is 11.6 Å². The molecule has 2 rings (SSSR count). The van der Waals surface area contributed by atoms with Crippen LogP contribution in [0.25, 0.3) is 5.69 Å². The van der Waals surface area contributed by atoms with Gasteiger partial charge in [-0.2, -0.15) is 5.10 Å². The van der Waals surface area contributed by atoms with Gasteiger partial charge >= 0.3 is 0 Å². The van der Waals surface area contributed by atoms with Crippen LogP contribution in [-0.4, -0.2) is 33.4 Å². The number of benzene rings is 1. The molecule has 5 heteroatoms. The standard InChI is InChI=1S/C14H18ClN3O/c1-10-7-11(2)18(17-10)14-6-4-3-5-13(14)16-9-12(19)8-15/h3-7,12,16,19H,8-9H2,1-2H3. The minimum absolute atomic E-state index is 0.217. The number of hydrogen-bond acceptors (Lipinski definition) is 3. The normalized spacial score (nSPS) is 12.4. The molecule has 0 amide bonds. The van der Waals surface area contributed by atoms with Gasteiger partial charge in [-0.25, -0.2) is 4.68 Å². The van der Waals surface area contributed by atoms with Crippen LogP contribution in [0.5, 0.6) is 0 Å². The van der Waals surface area contributed by atoms with E-state index in [9.17, 15) is 5.11 Å². The van der Waals surface area contributed by atoms with Gasteiger partial charge < -0.3 is 10.4 Å². The van der Waals surface area contributed by atoms with Crippen LogP contribution in [0.2, 0.25) is 0 Å². The van der Waals surface area contributed by atoms with E-state index in [1.807, 2.05) is 48.9 Å². The summed E-state index contributed by atoms with van der Waals surface area (Å²) in [6.45, 7) is 4.40. The Morgan fingerprint density at radius 2 is 2.11 bits per heavy atom. The molecule has 19 heavy (non-hydrogen) atoms. The molecule has 0 fully saturated rings. The molecule has 1 aromatic carbocycles. The molecule has 0 bridgehead atoms. The first-order valence-corrected chi connectivity index (χ1v) is 6.76. The number of aliphatic hydroxyl groups excluding tert-OH is 1. The van der Waals surface area contributed by atoms with Crippen molar-refractivity contribution in [1.82, 2.24) is 9.78 Å². The third-order valence-electron chi connectivity index (χ3n) is 2.85. The van der Waals surface area contributed by atoms with Gasteiger partial charge in [0.25, 0.3) is 0 Å². The third kappa shape index (κ3) is 3.28. The van der Waals surface area contributed by atoms with Crippen molar-refractivity contribution in [2.45, 2.75) is 20.0 Å². The average Bonchev–Trinajstić information content (AvgIpc) is 2.75. The van der Waals surface area contributed by atoms with E-state index in [1.165, 1.54) is 0 Å². The van der Waals surface area contributed by atoms with Crippen LogP contribution in [-0.2, 0) is 0 Å². The molecule has 0 aliphatic heterocycles. The Labute approximate surface area is 118 Å². The number of aromatic nitrogens is 2. The summed E-state index contributed by atoms with van der Waals surface area (Å²) in [6, 6.07) is 9.91. The highest BCUT2D eigenvalue weighted by atomic mass is 35.5. The fourth-order valence-corrected chi connectivity index (χ4v) is 2.07. The lowest BCUT2D eigenvalue weighted by Crippen LogP contribution is -2.21. The molecule has 2 aromatic rings. The number of nitrogens with zero attached hydrogens (tertiary/aromatic N) is 2. The first-order chi connectivity index (χ1) is 9.11. The van der Waals surface area contributed by atoms with Gasteiger partial charge in [-0.15, -0.1) is 11.6 Å². The highest BCUT2D eigenvalue weighted by molar-refractivity contribution is 6.18. The SMILES string of the molecule is Cc1cc(C)n(-c2ccccc2NCC(O)CCl)n1. The Bertz CT molecular complexity index is 553. The fraction of sp³-hybridized carbons (Fsp3) is 0.357. The molecule has 2 N–H and O–H groups in total. The summed E-state index contributed by atoms with van der Waals surface area (Å²) in [5.74, 6) is 0.217. The molecule has 4 nitrogen and oxygen atoms in total. The number of anilines is 1. The average molecular weight is 280 g/mol. The maximum atomic E-state index is 9.52. The van der Waals surface area contributed by atoms with Crippen molar-refractivity contribution in [2.24, 2.45) is 0 Å². The molecule has 0 radical (unpaired) electrons. The first kappa shape index (κ1) is 13.9. The van der Waals surface area contributed by atoms with Crippen LogP contribution >= 0.6 is 11.6 Å². The second kappa shape index (κ2) is 6.08. The van der Waals surface area contributed by atoms with Crippen LogP contribution in [0.3, 0.4) is 0 Å². The van der Waals surface area contributed by atoms with Crippen molar-refractivity contribution in [3.8, 4) is 5.69 Å². The summed E-state index contributed by atoms with van der Waals surface area (Å²) in [4.78, 5) is 0. The van der Waals surface area contributed by atoms with Crippen molar-refractivity contribution >= 4 is 17.3 Å². The van der Waals surface area contributed by atoms with E-state index in [-0.39, 0.29) is 5.88 Å². The first-order valence-electron chi connectivity index (χ1n) is 6.22. The topological polar surface area (TPSA) is 50.1 Å². The molecule has 0 spiro atoms. The van der Waals surface area contributed by atoms with Crippen LogP contribution in [0.1, 0.15) is 11.4 Å². The van der Waals surface area contributed by atoms with Crippen LogP contribution in [0, 0.1) is 13.8 Å². The highest BCUT2D eigenvalue weighted by Crippen LogP contribution is 2.21. The number of nitrogens with one attached hydrogen (secondary N) is 1. The van der Waals surface area contributed by atoms with E-state index in [0.29, 0.717) is 6.54 Å². The molecule has 1 heterocycles. The summed E-state index contributed by atoms with van der Waals surface area (Å²) in [5, 5.41) is 17.2. The quantitative estimate of drug-likeness (QED) is 0.827. The van der Waals surface area contributed by atoms with Gasteiger partial charge in [-0.05, 0) is 32.0 Å². The van der Waals surface area contributed by atoms with Crippen LogP contribution in [0.4, 0.5) is 5.69 Å². The Balaban J connectivity index is 2.28.